The number of nitro groups is 1. The standard InChI is InChI=1S/C14H21NO6S2/c1-4-5-9-23(19,20)21-22(2,3)11-14(16)12-7-6-8-13(10-12)15(17)18/h6-8,10H,4-5,9,11H2,1-3H3. The molecule has 0 bridgehead atoms. The average molecular weight is 363 g/mol. The molecule has 1 aromatic carbocycles. The molecule has 0 aliphatic rings. The second-order valence-corrected chi connectivity index (χ2v) is 10.7. The number of non-ortho nitro benzene ring substituents is 1. The Morgan fingerprint density at radius 1 is 1.30 bits per heavy atom. The minimum Gasteiger partial charge on any atom is -0.293 e. The molecule has 0 fully saturated rings. The van der Waals surface area contributed by atoms with Crippen molar-refractivity contribution in [2.45, 2.75) is 19.8 Å². The van der Waals surface area contributed by atoms with Gasteiger partial charge in [-0.3, -0.25) is 14.9 Å². The van der Waals surface area contributed by atoms with Crippen molar-refractivity contribution in [3.8, 4) is 0 Å². The molecule has 0 N–H and O–H groups in total. The van der Waals surface area contributed by atoms with Crippen molar-refractivity contribution in [1.29, 1.82) is 0 Å². The second-order valence-electron chi connectivity index (χ2n) is 5.50. The second kappa shape index (κ2) is 7.89. The summed E-state index contributed by atoms with van der Waals surface area (Å²) in [5.74, 6) is -0.566. The van der Waals surface area contributed by atoms with E-state index in [-0.39, 0.29) is 28.5 Å². The Kier molecular flexibility index (Phi) is 6.72. The summed E-state index contributed by atoms with van der Waals surface area (Å²) in [5, 5.41) is 10.7. The highest BCUT2D eigenvalue weighted by molar-refractivity contribution is 8.32. The molecule has 0 amide bonds. The Morgan fingerprint density at radius 3 is 2.52 bits per heavy atom. The van der Waals surface area contributed by atoms with Crippen LogP contribution in [0.5, 0.6) is 0 Å². The van der Waals surface area contributed by atoms with E-state index in [1.807, 2.05) is 6.92 Å². The van der Waals surface area contributed by atoms with Gasteiger partial charge in [0.2, 0.25) is 0 Å². The summed E-state index contributed by atoms with van der Waals surface area (Å²) >= 11 is 0. The van der Waals surface area contributed by atoms with Crippen LogP contribution in [0.1, 0.15) is 30.1 Å². The number of hydrogen-bond donors (Lipinski definition) is 0. The lowest BCUT2D eigenvalue weighted by molar-refractivity contribution is -0.384. The van der Waals surface area contributed by atoms with Gasteiger partial charge in [-0.25, -0.2) is 3.63 Å². The van der Waals surface area contributed by atoms with E-state index in [4.69, 9.17) is 3.63 Å². The highest BCUT2D eigenvalue weighted by Crippen LogP contribution is 2.43. The van der Waals surface area contributed by atoms with E-state index in [0.717, 1.165) is 6.42 Å². The van der Waals surface area contributed by atoms with Crippen LogP contribution in [0.2, 0.25) is 0 Å². The lowest BCUT2D eigenvalue weighted by Crippen LogP contribution is -2.20. The quantitative estimate of drug-likeness (QED) is 0.379. The third-order valence-corrected chi connectivity index (χ3v) is 6.94. The maximum Gasteiger partial charge on any atom is 0.276 e. The molecular weight excluding hydrogens is 342 g/mol. The Bertz CT molecular complexity index is 684. The first kappa shape index (κ1) is 19.6. The molecular formula is C14H21NO6S2. The average Bonchev–Trinajstić information content (AvgIpc) is 2.43. The Balaban J connectivity index is 2.82. The molecule has 1 aromatic rings. The van der Waals surface area contributed by atoms with Crippen LogP contribution in [0.4, 0.5) is 5.69 Å². The predicted molar refractivity (Wildman–Crippen MR) is 91.5 cm³/mol. The molecule has 0 saturated carbocycles. The number of nitrogens with zero attached hydrogens (tertiary/aromatic N) is 1. The number of carbonyl (C=O) groups is 1. The lowest BCUT2D eigenvalue weighted by Gasteiger charge is -2.29. The van der Waals surface area contributed by atoms with E-state index in [9.17, 15) is 23.3 Å². The number of nitro benzene ring substituents is 1. The molecule has 0 unspecified atom stereocenters. The maximum atomic E-state index is 12.3. The Morgan fingerprint density at radius 2 is 1.96 bits per heavy atom. The first-order valence-electron chi connectivity index (χ1n) is 6.99. The fourth-order valence-electron chi connectivity index (χ4n) is 1.85. The number of hydrogen-bond acceptors (Lipinski definition) is 6. The summed E-state index contributed by atoms with van der Waals surface area (Å²) in [5.41, 5.74) is -0.00512. The summed E-state index contributed by atoms with van der Waals surface area (Å²) < 4.78 is 28.9. The highest BCUT2D eigenvalue weighted by atomic mass is 32.3. The molecule has 0 heterocycles. The van der Waals surface area contributed by atoms with Gasteiger partial charge in [0.1, 0.15) is 0 Å². The number of Topliss-reactive ketones (excluding diaryl/α,β-unsaturated/α-hetero) is 1. The lowest BCUT2D eigenvalue weighted by atomic mass is 10.1. The smallest absolute Gasteiger partial charge is 0.276 e. The van der Waals surface area contributed by atoms with Crippen LogP contribution in [-0.2, 0) is 13.7 Å². The molecule has 0 spiro atoms. The van der Waals surface area contributed by atoms with Crippen molar-refractivity contribution in [2.24, 2.45) is 0 Å². The van der Waals surface area contributed by atoms with Crippen LogP contribution in [0.25, 0.3) is 0 Å². The van der Waals surface area contributed by atoms with Crippen LogP contribution in [0.15, 0.2) is 24.3 Å². The van der Waals surface area contributed by atoms with Crippen LogP contribution in [0, 0.1) is 10.1 Å². The zero-order valence-electron chi connectivity index (χ0n) is 13.4. The van der Waals surface area contributed by atoms with Crippen molar-refractivity contribution in [3.05, 3.63) is 39.9 Å². The first-order chi connectivity index (χ1) is 10.6. The van der Waals surface area contributed by atoms with Crippen LogP contribution < -0.4 is 0 Å². The molecule has 0 aliphatic carbocycles. The van der Waals surface area contributed by atoms with E-state index in [1.54, 1.807) is 12.5 Å². The van der Waals surface area contributed by atoms with Gasteiger partial charge >= 0.3 is 0 Å². The Labute approximate surface area is 137 Å². The summed E-state index contributed by atoms with van der Waals surface area (Å²) in [6.07, 6.45) is 4.40. The topological polar surface area (TPSA) is 104 Å². The van der Waals surface area contributed by atoms with Crippen molar-refractivity contribution in [3.63, 3.8) is 0 Å². The highest BCUT2D eigenvalue weighted by Gasteiger charge is 2.26. The first-order valence-corrected chi connectivity index (χ1v) is 11.1. The van der Waals surface area contributed by atoms with E-state index >= 15 is 0 Å². The van der Waals surface area contributed by atoms with Gasteiger partial charge in [0.05, 0.1) is 16.4 Å². The van der Waals surface area contributed by atoms with Gasteiger partial charge < -0.3 is 0 Å². The normalized spacial score (nSPS) is 12.8. The molecule has 0 saturated heterocycles. The number of benzene rings is 1. The van der Waals surface area contributed by atoms with Crippen molar-refractivity contribution in [2.75, 3.05) is 24.0 Å². The SMILES string of the molecule is CCCCS(=O)(=O)OS(C)(C)CC(=O)c1cccc([N+](=O)[O-])c1. The minimum atomic E-state index is -3.67. The van der Waals surface area contributed by atoms with Gasteiger partial charge in [0, 0.05) is 17.7 Å². The fourth-order valence-corrected chi connectivity index (χ4v) is 6.00. The van der Waals surface area contributed by atoms with Gasteiger partial charge in [0.15, 0.2) is 5.78 Å². The molecule has 1 rings (SSSR count). The van der Waals surface area contributed by atoms with E-state index in [2.05, 4.69) is 0 Å². The number of rotatable bonds is 9. The van der Waals surface area contributed by atoms with E-state index in [1.165, 1.54) is 24.3 Å². The summed E-state index contributed by atoms with van der Waals surface area (Å²) in [7, 11) is -5.83. The van der Waals surface area contributed by atoms with Gasteiger partial charge in [-0.05, 0) is 18.9 Å². The molecule has 23 heavy (non-hydrogen) atoms. The molecule has 7 nitrogen and oxygen atoms in total. The van der Waals surface area contributed by atoms with Gasteiger partial charge in [0.25, 0.3) is 15.8 Å². The van der Waals surface area contributed by atoms with Gasteiger partial charge in [-0.15, -0.1) is 10.3 Å². The predicted octanol–water partition coefficient (Wildman–Crippen LogP) is 2.90. The molecule has 0 aromatic heterocycles. The van der Waals surface area contributed by atoms with E-state index in [0.29, 0.717) is 6.42 Å². The maximum absolute atomic E-state index is 12.3. The monoisotopic (exact) mass is 363 g/mol. The zero-order valence-corrected chi connectivity index (χ0v) is 15.0. The van der Waals surface area contributed by atoms with Crippen LogP contribution >= 0.6 is 10.3 Å². The third kappa shape index (κ3) is 6.67. The van der Waals surface area contributed by atoms with Crippen molar-refractivity contribution >= 4 is 31.9 Å². The molecule has 9 heteroatoms. The summed E-state index contributed by atoms with van der Waals surface area (Å²) in [4.78, 5) is 22.4. The molecule has 0 radical (unpaired) electrons. The summed E-state index contributed by atoms with van der Waals surface area (Å²) in [6.45, 7) is 1.87. The third-order valence-electron chi connectivity index (χ3n) is 2.89. The number of ketones is 1. The minimum absolute atomic E-state index is 0.0784. The molecule has 0 atom stereocenters. The van der Waals surface area contributed by atoms with E-state index < -0.39 is 25.4 Å². The number of carbonyl (C=O) groups excluding carboxylic acids is 1. The molecule has 130 valence electrons. The fraction of sp³-hybridized carbons (Fsp3) is 0.500. The van der Waals surface area contributed by atoms with Crippen molar-refractivity contribution < 1.29 is 21.8 Å². The summed E-state index contributed by atoms with van der Waals surface area (Å²) in [6, 6.07) is 5.37. The molecule has 0 aliphatic heterocycles. The van der Waals surface area contributed by atoms with Crippen LogP contribution in [0.3, 0.4) is 0 Å². The number of unbranched alkanes of at least 4 members (excludes halogenated alkanes) is 1. The van der Waals surface area contributed by atoms with Crippen molar-refractivity contribution in [1.82, 2.24) is 0 Å². The Hall–Kier alpha value is -1.45. The zero-order chi connectivity index (χ0) is 17.7. The van der Waals surface area contributed by atoms with Gasteiger partial charge in [-0.2, -0.15) is 8.42 Å². The van der Waals surface area contributed by atoms with Crippen LogP contribution in [-0.4, -0.2) is 43.1 Å². The van der Waals surface area contributed by atoms with Gasteiger partial charge in [-0.1, -0.05) is 25.5 Å². The largest absolute Gasteiger partial charge is 0.293 e.